The summed E-state index contributed by atoms with van der Waals surface area (Å²) in [5.74, 6) is -1.84. The molecule has 5 nitrogen and oxygen atoms in total. The highest BCUT2D eigenvalue weighted by molar-refractivity contribution is 5.79. The molecule has 3 aliphatic rings. The zero-order valence-electron chi connectivity index (χ0n) is 21.9. The van der Waals surface area contributed by atoms with E-state index in [4.69, 9.17) is 0 Å². The zero-order chi connectivity index (χ0) is 26.0. The Hall–Kier alpha value is -2.02. The molecule has 3 N–H and O–H groups in total. The molecule has 2 amide bonds. The van der Waals surface area contributed by atoms with Gasteiger partial charge in [0.1, 0.15) is 11.6 Å². The molecule has 36 heavy (non-hydrogen) atoms. The average Bonchev–Trinajstić information content (AvgIpc) is 2.84. The van der Waals surface area contributed by atoms with E-state index in [-0.39, 0.29) is 53.5 Å². The summed E-state index contributed by atoms with van der Waals surface area (Å²) in [4.78, 5) is 25.9. The minimum absolute atomic E-state index is 0.00535. The van der Waals surface area contributed by atoms with Gasteiger partial charge in [-0.3, -0.25) is 9.59 Å². The van der Waals surface area contributed by atoms with Crippen LogP contribution in [-0.4, -0.2) is 29.1 Å². The topological polar surface area (TPSA) is 78.4 Å². The van der Waals surface area contributed by atoms with Crippen molar-refractivity contribution in [2.24, 2.45) is 35.0 Å². The fourth-order valence-corrected chi connectivity index (χ4v) is 7.42. The van der Waals surface area contributed by atoms with Crippen LogP contribution < -0.4 is 10.6 Å². The molecule has 0 aliphatic heterocycles. The summed E-state index contributed by atoms with van der Waals surface area (Å²) < 4.78 is 27.0. The monoisotopic (exact) mass is 504 g/mol. The normalized spacial score (nSPS) is 33.9. The van der Waals surface area contributed by atoms with E-state index in [0.29, 0.717) is 5.56 Å². The second kappa shape index (κ2) is 11.2. The lowest BCUT2D eigenvalue weighted by atomic mass is 9.51. The molecule has 1 aromatic rings. The van der Waals surface area contributed by atoms with E-state index in [1.54, 1.807) is 0 Å². The Kier molecular flexibility index (Phi) is 8.38. The molecule has 0 saturated heterocycles. The van der Waals surface area contributed by atoms with Crippen LogP contribution in [0.2, 0.25) is 0 Å². The number of fused-ring (bicyclic) bond motifs is 1. The first-order valence-corrected chi connectivity index (χ1v) is 13.8. The molecule has 7 heteroatoms. The number of hydrogen-bond donors (Lipinski definition) is 3. The summed E-state index contributed by atoms with van der Waals surface area (Å²) in [6, 6.07) is 3.26. The second-order valence-electron chi connectivity index (χ2n) is 12.0. The van der Waals surface area contributed by atoms with E-state index in [9.17, 15) is 23.5 Å². The van der Waals surface area contributed by atoms with Crippen LogP contribution in [0, 0.1) is 46.6 Å². The molecule has 3 fully saturated rings. The number of rotatable bonds is 6. The van der Waals surface area contributed by atoms with E-state index in [0.717, 1.165) is 57.4 Å². The first-order chi connectivity index (χ1) is 17.1. The van der Waals surface area contributed by atoms with Crippen LogP contribution in [0.15, 0.2) is 18.2 Å². The van der Waals surface area contributed by atoms with Gasteiger partial charge in [0.25, 0.3) is 0 Å². The highest BCUT2D eigenvalue weighted by atomic mass is 19.1. The quantitative estimate of drug-likeness (QED) is 0.504. The van der Waals surface area contributed by atoms with Crippen molar-refractivity contribution in [3.8, 4) is 0 Å². The predicted molar refractivity (Wildman–Crippen MR) is 135 cm³/mol. The molecular formula is C29H42F2N2O3. The molecule has 4 rings (SSSR count). The van der Waals surface area contributed by atoms with Crippen LogP contribution in [0.4, 0.5) is 8.78 Å². The summed E-state index contributed by atoms with van der Waals surface area (Å²) in [5.41, 5.74) is 0.346. The Morgan fingerprint density at radius 1 is 1.06 bits per heavy atom. The maximum absolute atomic E-state index is 13.5. The van der Waals surface area contributed by atoms with Gasteiger partial charge in [0.2, 0.25) is 11.8 Å². The number of amides is 2. The standard InChI is InChI=1S/C29H42F2N2O3/c1-17(27(35)32-16-19-13-21(30)15-22(31)14-19)23-9-11-29(3)12-10-24(18(2)25(29)26(23)34)33-28(36)20-7-5-4-6-8-20/h13-15,17-18,20,23-26,34H,4-12,16H2,1-3H3,(H,32,35)(H,33,36)/t17-,18+,23?,24-,25+,26-,29-/m0/s1. The number of aliphatic hydroxyl groups excluding tert-OH is 1. The lowest BCUT2D eigenvalue weighted by Crippen LogP contribution is -2.59. The smallest absolute Gasteiger partial charge is 0.223 e. The van der Waals surface area contributed by atoms with Gasteiger partial charge >= 0.3 is 0 Å². The third-order valence-electron chi connectivity index (χ3n) is 9.64. The minimum Gasteiger partial charge on any atom is -0.392 e. The van der Waals surface area contributed by atoms with Crippen LogP contribution in [0.3, 0.4) is 0 Å². The van der Waals surface area contributed by atoms with E-state index in [2.05, 4.69) is 24.5 Å². The molecule has 0 heterocycles. The SMILES string of the molecule is C[C@H]1[C@@H]2[C@@H](O)C([C@H](C)C(=O)NCc3cc(F)cc(F)c3)CC[C@@]2(C)CC[C@@H]1NC(=O)C1CCCCC1. The molecule has 1 unspecified atom stereocenters. The van der Waals surface area contributed by atoms with Crippen molar-refractivity contribution >= 4 is 11.8 Å². The summed E-state index contributed by atoms with van der Waals surface area (Å²) in [5, 5.41) is 17.7. The number of halogens is 2. The van der Waals surface area contributed by atoms with Gasteiger partial charge in [0.05, 0.1) is 6.10 Å². The minimum atomic E-state index is -0.675. The second-order valence-corrected chi connectivity index (χ2v) is 12.0. The molecule has 0 bridgehead atoms. The summed E-state index contributed by atoms with van der Waals surface area (Å²) in [7, 11) is 0. The molecule has 3 aliphatic carbocycles. The molecule has 7 atom stereocenters. The van der Waals surface area contributed by atoms with Crippen molar-refractivity contribution in [1.82, 2.24) is 10.6 Å². The highest BCUT2D eigenvalue weighted by Gasteiger charge is 2.54. The lowest BCUT2D eigenvalue weighted by molar-refractivity contribution is -0.144. The van der Waals surface area contributed by atoms with E-state index in [1.165, 1.54) is 18.6 Å². The van der Waals surface area contributed by atoms with Crippen LogP contribution in [0.5, 0.6) is 0 Å². The zero-order valence-corrected chi connectivity index (χ0v) is 21.9. The van der Waals surface area contributed by atoms with Gasteiger partial charge in [-0.05, 0) is 79.4 Å². The summed E-state index contributed by atoms with van der Waals surface area (Å²) in [6.45, 7) is 6.25. The Labute approximate surface area is 213 Å². The largest absolute Gasteiger partial charge is 0.392 e. The Morgan fingerprint density at radius 3 is 2.36 bits per heavy atom. The highest BCUT2D eigenvalue weighted by Crippen LogP contribution is 2.55. The number of nitrogens with one attached hydrogen (secondary N) is 2. The van der Waals surface area contributed by atoms with Gasteiger partial charge in [-0.1, -0.05) is 40.0 Å². The number of carbonyl (C=O) groups excluding carboxylic acids is 2. The third kappa shape index (κ3) is 5.76. The van der Waals surface area contributed by atoms with E-state index in [1.807, 2.05) is 6.92 Å². The van der Waals surface area contributed by atoms with Crippen molar-refractivity contribution in [3.05, 3.63) is 35.4 Å². The number of aliphatic hydroxyl groups is 1. The molecule has 200 valence electrons. The maximum atomic E-state index is 13.5. The van der Waals surface area contributed by atoms with Crippen molar-refractivity contribution in [3.63, 3.8) is 0 Å². The Bertz CT molecular complexity index is 930. The van der Waals surface area contributed by atoms with Crippen LogP contribution in [-0.2, 0) is 16.1 Å². The molecule has 0 radical (unpaired) electrons. The van der Waals surface area contributed by atoms with Crippen molar-refractivity contribution in [2.45, 2.75) is 97.2 Å². The average molecular weight is 505 g/mol. The van der Waals surface area contributed by atoms with Gasteiger partial charge in [-0.2, -0.15) is 0 Å². The molecule has 3 saturated carbocycles. The van der Waals surface area contributed by atoms with Gasteiger partial charge in [-0.15, -0.1) is 0 Å². The van der Waals surface area contributed by atoms with E-state index >= 15 is 0 Å². The van der Waals surface area contributed by atoms with Gasteiger partial charge < -0.3 is 15.7 Å². The molecule has 1 aromatic carbocycles. The Balaban J connectivity index is 1.39. The maximum Gasteiger partial charge on any atom is 0.223 e. The third-order valence-corrected chi connectivity index (χ3v) is 9.64. The van der Waals surface area contributed by atoms with Crippen LogP contribution in [0.25, 0.3) is 0 Å². The fourth-order valence-electron chi connectivity index (χ4n) is 7.42. The lowest BCUT2D eigenvalue weighted by Gasteiger charge is -2.56. The fraction of sp³-hybridized carbons (Fsp3) is 0.724. The summed E-state index contributed by atoms with van der Waals surface area (Å²) >= 11 is 0. The van der Waals surface area contributed by atoms with Crippen molar-refractivity contribution in [1.29, 1.82) is 0 Å². The van der Waals surface area contributed by atoms with Gasteiger partial charge in [0.15, 0.2) is 0 Å². The van der Waals surface area contributed by atoms with Gasteiger partial charge in [-0.25, -0.2) is 8.78 Å². The molecular weight excluding hydrogens is 462 g/mol. The van der Waals surface area contributed by atoms with Crippen LogP contribution in [0.1, 0.15) is 84.1 Å². The first kappa shape index (κ1) is 27.0. The molecule has 0 spiro atoms. The van der Waals surface area contributed by atoms with Crippen molar-refractivity contribution in [2.75, 3.05) is 0 Å². The number of hydrogen-bond acceptors (Lipinski definition) is 3. The summed E-state index contributed by atoms with van der Waals surface area (Å²) in [6.07, 6.45) is 8.28. The number of carbonyl (C=O) groups is 2. The first-order valence-electron chi connectivity index (χ1n) is 13.8. The van der Waals surface area contributed by atoms with E-state index < -0.39 is 23.7 Å². The van der Waals surface area contributed by atoms with Crippen LogP contribution >= 0.6 is 0 Å². The molecule has 0 aromatic heterocycles. The van der Waals surface area contributed by atoms with Crippen molar-refractivity contribution < 1.29 is 23.5 Å². The number of benzene rings is 1. The van der Waals surface area contributed by atoms with Gasteiger partial charge in [0, 0.05) is 30.5 Å². The predicted octanol–water partition coefficient (Wildman–Crippen LogP) is 5.11. The Morgan fingerprint density at radius 2 is 1.69 bits per heavy atom.